The summed E-state index contributed by atoms with van der Waals surface area (Å²) in [6, 6.07) is 59.8. The van der Waals surface area contributed by atoms with Gasteiger partial charge in [-0.1, -0.05) is 146 Å². The van der Waals surface area contributed by atoms with Crippen LogP contribution in [0.1, 0.15) is 44.5 Å². The van der Waals surface area contributed by atoms with Crippen LogP contribution in [0.15, 0.2) is 240 Å². The van der Waals surface area contributed by atoms with Crippen LogP contribution in [0.4, 0.5) is 0 Å². The molecule has 0 aliphatic carbocycles. The molecule has 6 fully saturated rings. The molecular weight excluding hydrogens is 1410 g/mol. The molecule has 0 radical (unpaired) electrons. The Hall–Kier alpha value is -8.66. The maximum absolute atomic E-state index is 8.11. The third-order valence-corrected chi connectivity index (χ3v) is 48.1. The van der Waals surface area contributed by atoms with Gasteiger partial charge in [-0.05, 0) is 187 Å². The van der Waals surface area contributed by atoms with E-state index in [-0.39, 0.29) is 0 Å². The highest BCUT2D eigenvalue weighted by Gasteiger charge is 2.82. The SMILES string of the molecule is COc1ccc(C=C[Si]23O[Si]4(C=Cc5ccc(OC)cc5)O[Si]5(C=Cc6ccc(OC)cc6)O[Si](C=Cc6ccc(OC)cc6)(O2)O[Si]2(C=Cc6ccc(OC)cc6)O[Si](C=Cc6ccc(OC)cc6)(O3)O[Si](C=Cc3ccc(OC)cc3)(O4)O[Si](C=Cc3ccc(OC)cc3)(O5)O2)cc1. The summed E-state index contributed by atoms with van der Waals surface area (Å²) < 4.78 is 142. The molecule has 512 valence electrons. The molecule has 6 aliphatic rings. The molecule has 100 heavy (non-hydrogen) atoms. The zero-order valence-electron chi connectivity index (χ0n) is 55.9. The van der Waals surface area contributed by atoms with Crippen molar-refractivity contribution >= 4 is 119 Å². The van der Waals surface area contributed by atoms with Crippen molar-refractivity contribution in [2.45, 2.75) is 0 Å². The summed E-state index contributed by atoms with van der Waals surface area (Å²) >= 11 is 0. The van der Waals surface area contributed by atoms with E-state index < -0.39 is 70.4 Å². The Morgan fingerprint density at radius 1 is 0.160 bits per heavy atom. The smallest absolute Gasteiger partial charge is 0.497 e. The van der Waals surface area contributed by atoms with Crippen molar-refractivity contribution in [1.82, 2.24) is 0 Å². The Kier molecular flexibility index (Phi) is 20.9. The molecule has 0 atom stereocenters. The van der Waals surface area contributed by atoms with Crippen molar-refractivity contribution in [3.8, 4) is 46.0 Å². The minimum absolute atomic E-state index is 0.632. The Morgan fingerprint density at radius 3 is 0.330 bits per heavy atom. The van der Waals surface area contributed by atoms with Crippen LogP contribution < -0.4 is 37.9 Å². The molecule has 6 heterocycles. The number of rotatable bonds is 24. The van der Waals surface area contributed by atoms with Gasteiger partial charge in [-0.3, -0.25) is 0 Å². The van der Waals surface area contributed by atoms with Gasteiger partial charge in [0.1, 0.15) is 46.0 Å². The summed E-state index contributed by atoms with van der Waals surface area (Å²) in [5, 5.41) is 0. The summed E-state index contributed by atoms with van der Waals surface area (Å²) in [6.45, 7) is 0. The minimum atomic E-state index is -5.03. The summed E-state index contributed by atoms with van der Waals surface area (Å²) in [5.74, 6) is 5.06. The van der Waals surface area contributed by atoms with E-state index in [0.29, 0.717) is 90.5 Å². The number of hydrogen-bond donors (Lipinski definition) is 0. The molecule has 6 aliphatic heterocycles. The molecule has 0 N–H and O–H groups in total. The Morgan fingerprint density at radius 2 is 0.250 bits per heavy atom. The molecule has 14 rings (SSSR count). The lowest BCUT2D eigenvalue weighted by Gasteiger charge is -2.60. The molecule has 20 nitrogen and oxygen atoms in total. The zero-order chi connectivity index (χ0) is 69.3. The summed E-state index contributed by atoms with van der Waals surface area (Å²) in [7, 11) is -27.4. The third-order valence-electron chi connectivity index (χ3n) is 16.2. The topological polar surface area (TPSA) is 185 Å². The minimum Gasteiger partial charge on any atom is -0.497 e. The molecule has 0 amide bonds. The van der Waals surface area contributed by atoms with E-state index in [1.165, 1.54) is 0 Å². The lowest BCUT2D eigenvalue weighted by atomic mass is 10.2. The predicted octanol–water partition coefficient (Wildman–Crippen LogP) is 13.9. The molecule has 28 heteroatoms. The molecule has 0 aromatic heterocycles. The van der Waals surface area contributed by atoms with Gasteiger partial charge in [-0.2, -0.15) is 0 Å². The predicted molar refractivity (Wildman–Crippen MR) is 395 cm³/mol. The second-order valence-electron chi connectivity index (χ2n) is 22.9. The summed E-state index contributed by atoms with van der Waals surface area (Å²) in [4.78, 5) is 0. The molecule has 8 aromatic rings. The Balaban J connectivity index is 1.17. The first-order valence-corrected chi connectivity index (χ1v) is 46.1. The lowest BCUT2D eigenvalue weighted by molar-refractivity contribution is -0.00560. The number of hydrogen-bond acceptors (Lipinski definition) is 20. The van der Waals surface area contributed by atoms with Crippen molar-refractivity contribution in [3.63, 3.8) is 0 Å². The van der Waals surface area contributed by atoms with Crippen molar-refractivity contribution in [2.75, 3.05) is 56.9 Å². The van der Waals surface area contributed by atoms with E-state index in [9.17, 15) is 0 Å². The fourth-order valence-electron chi connectivity index (χ4n) is 11.0. The van der Waals surface area contributed by atoms with E-state index in [0.717, 1.165) is 0 Å². The van der Waals surface area contributed by atoms with Crippen molar-refractivity contribution in [3.05, 3.63) is 284 Å². The highest BCUT2D eigenvalue weighted by atomic mass is 28.6. The van der Waals surface area contributed by atoms with Gasteiger partial charge in [0.2, 0.25) is 0 Å². The fraction of sp³-hybridized carbons (Fsp3) is 0.111. The van der Waals surface area contributed by atoms with Crippen LogP contribution in [0, 0.1) is 0 Å². The molecular formula is C72H72O20Si8. The van der Waals surface area contributed by atoms with E-state index in [2.05, 4.69) is 0 Å². The molecule has 0 spiro atoms. The largest absolute Gasteiger partial charge is 0.508 e. The second kappa shape index (κ2) is 29.9. The van der Waals surface area contributed by atoms with Crippen LogP contribution in [0.3, 0.4) is 0 Å². The maximum atomic E-state index is 8.11. The number of benzene rings is 8. The van der Waals surface area contributed by atoms with Crippen LogP contribution in [0.2, 0.25) is 0 Å². The van der Waals surface area contributed by atoms with Crippen molar-refractivity contribution < 1.29 is 87.3 Å². The van der Waals surface area contributed by atoms with E-state index in [4.69, 9.17) is 87.3 Å². The summed E-state index contributed by atoms with van der Waals surface area (Å²) in [6.07, 6.45) is 14.7. The third kappa shape index (κ3) is 16.2. The van der Waals surface area contributed by atoms with Crippen LogP contribution >= 0.6 is 0 Å². The first-order chi connectivity index (χ1) is 48.6. The summed E-state index contributed by atoms with van der Waals surface area (Å²) in [5.41, 5.74) is 19.6. The second-order valence-corrected chi connectivity index (χ2v) is 45.0. The van der Waals surface area contributed by atoms with Gasteiger partial charge >= 0.3 is 70.4 Å². The van der Waals surface area contributed by atoms with Crippen molar-refractivity contribution in [2.24, 2.45) is 0 Å². The first kappa shape index (κ1) is 69.8. The fourth-order valence-corrected chi connectivity index (χ4v) is 52.7. The lowest BCUT2D eigenvalue weighted by Crippen LogP contribution is -2.87. The molecule has 0 unspecified atom stereocenters. The highest BCUT2D eigenvalue weighted by molar-refractivity contribution is 7.08. The van der Waals surface area contributed by atoms with E-state index in [1.807, 2.05) is 243 Å². The molecule has 8 bridgehead atoms. The van der Waals surface area contributed by atoms with Crippen LogP contribution in [-0.2, 0) is 49.4 Å². The average Bonchev–Trinajstić information content (AvgIpc) is 0.686. The standard InChI is InChI=1S/C72H72O20Si8/c1-73-65-25-9-57(10-26-65)41-49-93-81-94(50-42-58-11-27-66(74-2)28-12-58)84-97(53-45-61-17-33-69(77-5)34-18-61)86-95(82-93,51-43-59-13-29-67(75-3)30-14-59)88-99(55-47-63-21-37-71(79-7)38-22-63)89-96(83-93,52-44-60-15-31-68(76-4)32-16-60)87-98(85-94,54-46-62-19-35-70(78-6)36-20-62)91-100(90-97,92-99)56-48-64-23-39-72(80-8)40-24-64/h9-56H,1-8H3. The van der Waals surface area contributed by atoms with E-state index in [1.54, 1.807) is 102 Å². The van der Waals surface area contributed by atoms with Gasteiger partial charge in [0, 0.05) is 0 Å². The number of ether oxygens (including phenoxy) is 8. The van der Waals surface area contributed by atoms with Gasteiger partial charge in [0.15, 0.2) is 0 Å². The van der Waals surface area contributed by atoms with Gasteiger partial charge in [0.25, 0.3) is 0 Å². The van der Waals surface area contributed by atoms with Gasteiger partial charge in [-0.15, -0.1) is 0 Å². The molecule has 8 aromatic carbocycles. The van der Waals surface area contributed by atoms with Gasteiger partial charge < -0.3 is 87.3 Å². The normalized spacial score (nSPS) is 27.1. The zero-order valence-corrected chi connectivity index (χ0v) is 63.9. The molecule has 0 saturated carbocycles. The number of methoxy groups -OCH3 is 8. The quantitative estimate of drug-likeness (QED) is 0.0520. The van der Waals surface area contributed by atoms with Crippen LogP contribution in [0.25, 0.3) is 48.6 Å². The van der Waals surface area contributed by atoms with Crippen LogP contribution in [-0.4, -0.2) is 127 Å². The van der Waals surface area contributed by atoms with Crippen molar-refractivity contribution in [1.29, 1.82) is 0 Å². The monoisotopic (exact) mass is 1480 g/mol. The van der Waals surface area contributed by atoms with Gasteiger partial charge in [-0.25, -0.2) is 0 Å². The average molecular weight is 1480 g/mol. The maximum Gasteiger partial charge on any atom is 0.508 e. The Bertz CT molecular complexity index is 3470. The van der Waals surface area contributed by atoms with Gasteiger partial charge in [0.05, 0.1) is 56.9 Å². The highest BCUT2D eigenvalue weighted by Crippen LogP contribution is 2.52. The van der Waals surface area contributed by atoms with Crippen LogP contribution in [0.5, 0.6) is 46.0 Å². The van der Waals surface area contributed by atoms with E-state index >= 15 is 0 Å². The molecule has 6 saturated heterocycles. The first-order valence-electron chi connectivity index (χ1n) is 31.7. The Labute approximate surface area is 589 Å².